The molecule has 0 aromatic heterocycles. The quantitative estimate of drug-likeness (QED) is 0.613. The summed E-state index contributed by atoms with van der Waals surface area (Å²) in [6.07, 6.45) is -2.05. The maximum atomic E-state index is 10.9. The van der Waals surface area contributed by atoms with Crippen LogP contribution in [0.25, 0.3) is 0 Å². The Labute approximate surface area is 78.5 Å². The predicted octanol–water partition coefficient (Wildman–Crippen LogP) is 0.317. The summed E-state index contributed by atoms with van der Waals surface area (Å²) in [7, 11) is 0. The molecule has 0 bridgehead atoms. The average molecular weight is 190 g/mol. The largest absolute Gasteiger partial charge is 0.464 e. The fraction of sp³-hybridized carbons (Fsp3) is 0.889. The fourth-order valence-electron chi connectivity index (χ4n) is 0.997. The van der Waals surface area contributed by atoms with Crippen LogP contribution < -0.4 is 0 Å². The summed E-state index contributed by atoms with van der Waals surface area (Å²) < 4.78 is 4.56. The smallest absolute Gasteiger partial charge is 0.337 e. The molecule has 0 fully saturated rings. The highest BCUT2D eigenvalue weighted by Crippen LogP contribution is 2.09. The van der Waals surface area contributed by atoms with E-state index in [9.17, 15) is 15.0 Å². The van der Waals surface area contributed by atoms with Crippen molar-refractivity contribution in [2.24, 2.45) is 5.92 Å². The standard InChI is InChI=1S/C9H18O4/c1-4-13-9(12)8(11)7(10)5-6(2)3/h6-8,10-11H,4-5H2,1-3H3/t7-,8+/m1/s1. The lowest BCUT2D eigenvalue weighted by Crippen LogP contribution is -2.36. The van der Waals surface area contributed by atoms with Gasteiger partial charge in [-0.05, 0) is 19.3 Å². The molecule has 0 aromatic carbocycles. The highest BCUT2D eigenvalue weighted by atomic mass is 16.5. The third-order valence-electron chi connectivity index (χ3n) is 1.61. The number of carbonyl (C=O) groups is 1. The first kappa shape index (κ1) is 12.4. The molecule has 0 unspecified atom stereocenters. The van der Waals surface area contributed by atoms with E-state index < -0.39 is 18.2 Å². The Hall–Kier alpha value is -0.610. The van der Waals surface area contributed by atoms with E-state index in [1.165, 1.54) is 0 Å². The second kappa shape index (κ2) is 5.94. The average Bonchev–Trinajstić information content (AvgIpc) is 2.02. The van der Waals surface area contributed by atoms with E-state index in [0.717, 1.165) is 0 Å². The van der Waals surface area contributed by atoms with Gasteiger partial charge in [0.15, 0.2) is 6.10 Å². The van der Waals surface area contributed by atoms with E-state index in [2.05, 4.69) is 4.74 Å². The number of carbonyl (C=O) groups excluding carboxylic acids is 1. The van der Waals surface area contributed by atoms with Gasteiger partial charge in [-0.3, -0.25) is 0 Å². The van der Waals surface area contributed by atoms with Gasteiger partial charge in [0.2, 0.25) is 0 Å². The third kappa shape index (κ3) is 4.85. The number of esters is 1. The summed E-state index contributed by atoms with van der Waals surface area (Å²) in [5.41, 5.74) is 0. The van der Waals surface area contributed by atoms with Gasteiger partial charge in [0.05, 0.1) is 12.7 Å². The maximum absolute atomic E-state index is 10.9. The first-order valence-electron chi connectivity index (χ1n) is 4.51. The Balaban J connectivity index is 3.93. The number of hydrogen-bond acceptors (Lipinski definition) is 4. The molecule has 2 atom stereocenters. The lowest BCUT2D eigenvalue weighted by molar-refractivity contribution is -0.159. The zero-order chi connectivity index (χ0) is 10.4. The summed E-state index contributed by atoms with van der Waals surface area (Å²) in [5, 5.41) is 18.6. The molecule has 0 radical (unpaired) electrons. The van der Waals surface area contributed by atoms with Crippen LogP contribution in [0, 0.1) is 5.92 Å². The predicted molar refractivity (Wildman–Crippen MR) is 48.1 cm³/mol. The van der Waals surface area contributed by atoms with Crippen LogP contribution in [0.1, 0.15) is 27.2 Å². The van der Waals surface area contributed by atoms with E-state index in [4.69, 9.17) is 0 Å². The molecule has 0 amide bonds. The highest BCUT2D eigenvalue weighted by Gasteiger charge is 2.25. The topological polar surface area (TPSA) is 66.8 Å². The number of aliphatic hydroxyl groups is 2. The van der Waals surface area contributed by atoms with E-state index in [0.29, 0.717) is 6.42 Å². The molecule has 4 nitrogen and oxygen atoms in total. The Morgan fingerprint density at radius 1 is 1.38 bits per heavy atom. The Kier molecular flexibility index (Phi) is 5.66. The van der Waals surface area contributed by atoms with Crippen molar-refractivity contribution in [2.75, 3.05) is 6.61 Å². The molecule has 0 aromatic rings. The minimum atomic E-state index is -1.41. The van der Waals surface area contributed by atoms with Gasteiger partial charge in [0.1, 0.15) is 0 Å². The van der Waals surface area contributed by atoms with Crippen LogP contribution >= 0.6 is 0 Å². The molecular weight excluding hydrogens is 172 g/mol. The first-order valence-corrected chi connectivity index (χ1v) is 4.51. The first-order chi connectivity index (χ1) is 5.99. The highest BCUT2D eigenvalue weighted by molar-refractivity contribution is 5.75. The number of aliphatic hydroxyl groups excluding tert-OH is 2. The lowest BCUT2D eigenvalue weighted by Gasteiger charge is -2.17. The molecule has 0 saturated heterocycles. The third-order valence-corrected chi connectivity index (χ3v) is 1.61. The molecule has 0 heterocycles. The SMILES string of the molecule is CCOC(=O)[C@@H](O)[C@H](O)CC(C)C. The number of ether oxygens (including phenoxy) is 1. The van der Waals surface area contributed by atoms with Crippen molar-refractivity contribution in [3.8, 4) is 0 Å². The van der Waals surface area contributed by atoms with Crippen molar-refractivity contribution in [1.82, 2.24) is 0 Å². The molecule has 0 aliphatic rings. The van der Waals surface area contributed by atoms with Crippen molar-refractivity contribution < 1.29 is 19.7 Å². The minimum absolute atomic E-state index is 0.213. The van der Waals surface area contributed by atoms with Crippen molar-refractivity contribution in [2.45, 2.75) is 39.4 Å². The van der Waals surface area contributed by atoms with Crippen LogP contribution in [-0.4, -0.2) is 35.0 Å². The van der Waals surface area contributed by atoms with Crippen LogP contribution in [0.4, 0.5) is 0 Å². The van der Waals surface area contributed by atoms with Gasteiger partial charge in [0, 0.05) is 0 Å². The van der Waals surface area contributed by atoms with Crippen molar-refractivity contribution in [1.29, 1.82) is 0 Å². The van der Waals surface area contributed by atoms with Gasteiger partial charge < -0.3 is 14.9 Å². The summed E-state index contributed by atoms with van der Waals surface area (Å²) in [6.45, 7) is 5.67. The Bertz CT molecular complexity index is 156. The number of hydrogen-bond donors (Lipinski definition) is 2. The van der Waals surface area contributed by atoms with Crippen LogP contribution in [0.15, 0.2) is 0 Å². The molecule has 0 spiro atoms. The maximum Gasteiger partial charge on any atom is 0.337 e. The van der Waals surface area contributed by atoms with E-state index >= 15 is 0 Å². The monoisotopic (exact) mass is 190 g/mol. The molecule has 4 heteroatoms. The van der Waals surface area contributed by atoms with Gasteiger partial charge >= 0.3 is 5.97 Å². The molecule has 13 heavy (non-hydrogen) atoms. The zero-order valence-electron chi connectivity index (χ0n) is 8.36. The van der Waals surface area contributed by atoms with Gasteiger partial charge in [-0.1, -0.05) is 13.8 Å². The van der Waals surface area contributed by atoms with E-state index in [1.54, 1.807) is 6.92 Å². The molecular formula is C9H18O4. The lowest BCUT2D eigenvalue weighted by atomic mass is 10.0. The van der Waals surface area contributed by atoms with Crippen LogP contribution in [0.5, 0.6) is 0 Å². The van der Waals surface area contributed by atoms with E-state index in [1.807, 2.05) is 13.8 Å². The summed E-state index contributed by atoms with van der Waals surface area (Å²) >= 11 is 0. The Morgan fingerprint density at radius 3 is 2.31 bits per heavy atom. The molecule has 0 rings (SSSR count). The van der Waals surface area contributed by atoms with Crippen molar-refractivity contribution >= 4 is 5.97 Å². The van der Waals surface area contributed by atoms with Gasteiger partial charge in [0.25, 0.3) is 0 Å². The zero-order valence-corrected chi connectivity index (χ0v) is 8.36. The van der Waals surface area contributed by atoms with Gasteiger partial charge in [-0.25, -0.2) is 4.79 Å². The summed E-state index contributed by atoms with van der Waals surface area (Å²) in [5.74, 6) is -0.519. The minimum Gasteiger partial charge on any atom is -0.464 e. The second-order valence-corrected chi connectivity index (χ2v) is 3.39. The second-order valence-electron chi connectivity index (χ2n) is 3.39. The Morgan fingerprint density at radius 2 is 1.92 bits per heavy atom. The van der Waals surface area contributed by atoms with Gasteiger partial charge in [-0.15, -0.1) is 0 Å². The molecule has 78 valence electrons. The number of rotatable bonds is 5. The molecule has 0 saturated carbocycles. The fourth-order valence-corrected chi connectivity index (χ4v) is 0.997. The van der Waals surface area contributed by atoms with Crippen molar-refractivity contribution in [3.63, 3.8) is 0 Å². The normalized spacial score (nSPS) is 15.5. The van der Waals surface area contributed by atoms with E-state index in [-0.39, 0.29) is 12.5 Å². The molecule has 2 N–H and O–H groups in total. The summed E-state index contributed by atoms with van der Waals surface area (Å²) in [6, 6.07) is 0. The molecule has 0 aliphatic carbocycles. The van der Waals surface area contributed by atoms with Crippen LogP contribution in [-0.2, 0) is 9.53 Å². The van der Waals surface area contributed by atoms with Crippen molar-refractivity contribution in [3.05, 3.63) is 0 Å². The van der Waals surface area contributed by atoms with Gasteiger partial charge in [-0.2, -0.15) is 0 Å². The molecule has 0 aliphatic heterocycles. The van der Waals surface area contributed by atoms with Crippen LogP contribution in [0.3, 0.4) is 0 Å². The van der Waals surface area contributed by atoms with Crippen LogP contribution in [0.2, 0.25) is 0 Å². The summed E-state index contributed by atoms with van der Waals surface area (Å²) in [4.78, 5) is 10.9.